The second-order valence-corrected chi connectivity index (χ2v) is 8.45. The number of benzene rings is 1. The first-order valence-corrected chi connectivity index (χ1v) is 10.7. The molecule has 2 N–H and O–H groups in total. The Labute approximate surface area is 145 Å². The van der Waals surface area contributed by atoms with E-state index < -0.39 is 9.84 Å². The Hall–Kier alpha value is -1.56. The molecule has 134 valence electrons. The van der Waals surface area contributed by atoms with E-state index in [1.807, 2.05) is 12.1 Å². The molecule has 0 aliphatic heterocycles. The molecular weight excluding hydrogens is 322 g/mol. The van der Waals surface area contributed by atoms with Gasteiger partial charge in [-0.05, 0) is 49.8 Å². The minimum absolute atomic E-state index is 0.366. The van der Waals surface area contributed by atoms with E-state index in [0.29, 0.717) is 4.90 Å². The van der Waals surface area contributed by atoms with Gasteiger partial charge in [0.05, 0.1) is 4.90 Å². The Kier molecular flexibility index (Phi) is 7.09. The van der Waals surface area contributed by atoms with E-state index in [1.165, 1.54) is 25.5 Å². The molecule has 0 bridgehead atoms. The van der Waals surface area contributed by atoms with Crippen molar-refractivity contribution in [2.24, 2.45) is 10.9 Å². The summed E-state index contributed by atoms with van der Waals surface area (Å²) in [5.41, 5.74) is 1.11. The first kappa shape index (κ1) is 18.8. The van der Waals surface area contributed by atoms with Crippen LogP contribution in [0.25, 0.3) is 0 Å². The van der Waals surface area contributed by atoms with Gasteiger partial charge in [0, 0.05) is 25.9 Å². The zero-order chi connectivity index (χ0) is 17.4. The number of sulfone groups is 1. The standard InChI is InChI=1S/C18H29N3O2S/c1-3-19-18(20-13-4-5-15-6-7-15)21-14-12-16-8-10-17(11-9-16)24(2,22)23/h8-11,15H,3-7,12-14H2,1-2H3,(H2,19,20,21). The number of hydrogen-bond donors (Lipinski definition) is 2. The highest BCUT2D eigenvalue weighted by molar-refractivity contribution is 7.90. The number of rotatable bonds is 9. The average Bonchev–Trinajstić information content (AvgIpc) is 3.35. The van der Waals surface area contributed by atoms with Crippen LogP contribution in [0.2, 0.25) is 0 Å². The molecule has 0 unspecified atom stereocenters. The second-order valence-electron chi connectivity index (χ2n) is 6.44. The zero-order valence-corrected chi connectivity index (χ0v) is 15.5. The molecule has 0 heterocycles. The van der Waals surface area contributed by atoms with Crippen LogP contribution in [0.1, 0.15) is 38.2 Å². The van der Waals surface area contributed by atoms with E-state index in [9.17, 15) is 8.42 Å². The van der Waals surface area contributed by atoms with Crippen molar-refractivity contribution < 1.29 is 8.42 Å². The molecule has 0 spiro atoms. The first-order valence-electron chi connectivity index (χ1n) is 8.80. The van der Waals surface area contributed by atoms with Gasteiger partial charge in [0.1, 0.15) is 0 Å². The molecule has 0 radical (unpaired) electrons. The maximum Gasteiger partial charge on any atom is 0.191 e. The number of aliphatic imine (C=N–C) groups is 1. The minimum Gasteiger partial charge on any atom is -0.357 e. The summed E-state index contributed by atoms with van der Waals surface area (Å²) in [4.78, 5) is 4.97. The number of guanidine groups is 1. The van der Waals surface area contributed by atoms with Crippen LogP contribution in [-0.2, 0) is 16.3 Å². The lowest BCUT2D eigenvalue weighted by atomic mass is 10.1. The van der Waals surface area contributed by atoms with Crippen LogP contribution in [-0.4, -0.2) is 40.3 Å². The summed E-state index contributed by atoms with van der Waals surface area (Å²) in [5, 5.41) is 6.60. The molecule has 1 aromatic carbocycles. The molecule has 1 aromatic rings. The van der Waals surface area contributed by atoms with Gasteiger partial charge < -0.3 is 10.6 Å². The van der Waals surface area contributed by atoms with Crippen LogP contribution in [0.4, 0.5) is 0 Å². The number of nitrogens with one attached hydrogen (secondary N) is 2. The van der Waals surface area contributed by atoms with Gasteiger partial charge in [-0.3, -0.25) is 4.99 Å². The summed E-state index contributed by atoms with van der Waals surface area (Å²) in [7, 11) is -3.12. The monoisotopic (exact) mass is 351 g/mol. The van der Waals surface area contributed by atoms with Crippen molar-refractivity contribution in [1.29, 1.82) is 0 Å². The third-order valence-electron chi connectivity index (χ3n) is 4.14. The molecule has 1 aliphatic rings. The van der Waals surface area contributed by atoms with Crippen LogP contribution < -0.4 is 10.6 Å². The van der Waals surface area contributed by atoms with Gasteiger partial charge in [0.2, 0.25) is 0 Å². The fourth-order valence-electron chi connectivity index (χ4n) is 2.55. The van der Waals surface area contributed by atoms with Gasteiger partial charge in [-0.1, -0.05) is 25.0 Å². The highest BCUT2D eigenvalue weighted by atomic mass is 32.2. The topological polar surface area (TPSA) is 70.6 Å². The van der Waals surface area contributed by atoms with Gasteiger partial charge in [0.15, 0.2) is 15.8 Å². The van der Waals surface area contributed by atoms with Crippen molar-refractivity contribution in [2.75, 3.05) is 25.9 Å². The molecule has 0 saturated heterocycles. The molecule has 0 amide bonds. The summed E-state index contributed by atoms with van der Waals surface area (Å²) < 4.78 is 22.9. The van der Waals surface area contributed by atoms with Crippen LogP contribution in [0, 0.1) is 5.92 Å². The van der Waals surface area contributed by atoms with Crippen molar-refractivity contribution in [3.63, 3.8) is 0 Å². The molecule has 2 rings (SSSR count). The largest absolute Gasteiger partial charge is 0.357 e. The summed E-state index contributed by atoms with van der Waals surface area (Å²) in [6.07, 6.45) is 7.33. The van der Waals surface area contributed by atoms with E-state index in [1.54, 1.807) is 12.1 Å². The molecule has 1 fully saturated rings. The third kappa shape index (κ3) is 6.91. The third-order valence-corrected chi connectivity index (χ3v) is 5.27. The zero-order valence-electron chi connectivity index (χ0n) is 14.7. The lowest BCUT2D eigenvalue weighted by Crippen LogP contribution is -2.38. The fourth-order valence-corrected chi connectivity index (χ4v) is 3.18. The quantitative estimate of drug-likeness (QED) is 0.407. The number of hydrogen-bond acceptors (Lipinski definition) is 3. The van der Waals surface area contributed by atoms with Gasteiger partial charge in [0.25, 0.3) is 0 Å². The molecule has 0 aromatic heterocycles. The Morgan fingerprint density at radius 2 is 1.92 bits per heavy atom. The smallest absolute Gasteiger partial charge is 0.191 e. The predicted molar refractivity (Wildman–Crippen MR) is 99.2 cm³/mol. The minimum atomic E-state index is -3.12. The molecule has 1 saturated carbocycles. The maximum absolute atomic E-state index is 11.5. The van der Waals surface area contributed by atoms with Crippen molar-refractivity contribution in [2.45, 2.75) is 43.9 Å². The lowest BCUT2D eigenvalue weighted by molar-refractivity contribution is 0.602. The van der Waals surface area contributed by atoms with Crippen LogP contribution in [0.5, 0.6) is 0 Å². The van der Waals surface area contributed by atoms with Crippen LogP contribution in [0.15, 0.2) is 34.2 Å². The molecular formula is C18H29N3O2S. The SMILES string of the molecule is CCNC(=NCCCC1CC1)NCCc1ccc(S(C)(=O)=O)cc1. The van der Waals surface area contributed by atoms with Crippen molar-refractivity contribution >= 4 is 15.8 Å². The summed E-state index contributed by atoms with van der Waals surface area (Å²) in [6, 6.07) is 7.08. The maximum atomic E-state index is 11.5. The van der Waals surface area contributed by atoms with Crippen molar-refractivity contribution in [1.82, 2.24) is 10.6 Å². The van der Waals surface area contributed by atoms with Crippen LogP contribution in [0.3, 0.4) is 0 Å². The summed E-state index contributed by atoms with van der Waals surface area (Å²) in [6.45, 7) is 4.55. The van der Waals surface area contributed by atoms with Gasteiger partial charge in [-0.15, -0.1) is 0 Å². The Balaban J connectivity index is 1.75. The fraction of sp³-hybridized carbons (Fsp3) is 0.611. The average molecular weight is 352 g/mol. The molecule has 1 aliphatic carbocycles. The van der Waals surface area contributed by atoms with Crippen molar-refractivity contribution in [3.05, 3.63) is 29.8 Å². The highest BCUT2D eigenvalue weighted by Crippen LogP contribution is 2.33. The van der Waals surface area contributed by atoms with E-state index in [-0.39, 0.29) is 0 Å². The summed E-state index contributed by atoms with van der Waals surface area (Å²) in [5.74, 6) is 1.83. The number of nitrogens with zero attached hydrogens (tertiary/aromatic N) is 1. The van der Waals surface area contributed by atoms with Crippen molar-refractivity contribution in [3.8, 4) is 0 Å². The Morgan fingerprint density at radius 3 is 2.50 bits per heavy atom. The van der Waals surface area contributed by atoms with E-state index >= 15 is 0 Å². The Morgan fingerprint density at radius 1 is 1.21 bits per heavy atom. The summed E-state index contributed by atoms with van der Waals surface area (Å²) >= 11 is 0. The van der Waals surface area contributed by atoms with E-state index in [2.05, 4.69) is 22.5 Å². The Bertz CT molecular complexity index is 635. The normalized spacial score (nSPS) is 15.3. The second kappa shape index (κ2) is 9.06. The van der Waals surface area contributed by atoms with Gasteiger partial charge >= 0.3 is 0 Å². The van der Waals surface area contributed by atoms with Crippen LogP contribution >= 0.6 is 0 Å². The van der Waals surface area contributed by atoms with Gasteiger partial charge in [-0.2, -0.15) is 0 Å². The lowest BCUT2D eigenvalue weighted by Gasteiger charge is -2.11. The highest BCUT2D eigenvalue weighted by Gasteiger charge is 2.19. The molecule has 24 heavy (non-hydrogen) atoms. The predicted octanol–water partition coefficient (Wildman–Crippen LogP) is 2.38. The molecule has 6 heteroatoms. The molecule has 5 nitrogen and oxygen atoms in total. The van der Waals surface area contributed by atoms with Gasteiger partial charge in [-0.25, -0.2) is 8.42 Å². The van der Waals surface area contributed by atoms with E-state index in [0.717, 1.165) is 49.9 Å². The van der Waals surface area contributed by atoms with E-state index in [4.69, 9.17) is 0 Å². The first-order chi connectivity index (χ1) is 11.5. The molecule has 0 atom stereocenters.